The van der Waals surface area contributed by atoms with Crippen LogP contribution < -0.4 is 5.32 Å². The van der Waals surface area contributed by atoms with Gasteiger partial charge in [0.25, 0.3) is 0 Å². The molecule has 4 saturated carbocycles. The largest absolute Gasteiger partial charge is 0.347 e. The molecule has 164 valence electrons. The van der Waals surface area contributed by atoms with E-state index in [4.69, 9.17) is 5.26 Å². The second-order valence-electron chi connectivity index (χ2n) is 10.3. The van der Waals surface area contributed by atoms with Gasteiger partial charge in [-0.05, 0) is 73.0 Å². The van der Waals surface area contributed by atoms with Gasteiger partial charge >= 0.3 is 0 Å². The molecule has 1 heterocycles. The molecule has 5 aliphatic rings. The minimum atomic E-state index is 0.0224. The van der Waals surface area contributed by atoms with Crippen molar-refractivity contribution < 1.29 is 9.59 Å². The Balaban J connectivity index is 1.05. The lowest BCUT2D eigenvalue weighted by molar-refractivity contribution is -0.135. The zero-order valence-electron chi connectivity index (χ0n) is 18.2. The van der Waals surface area contributed by atoms with Crippen LogP contribution in [0, 0.1) is 34.5 Å². The van der Waals surface area contributed by atoms with Crippen molar-refractivity contribution in [2.75, 3.05) is 32.7 Å². The first-order valence-corrected chi connectivity index (χ1v) is 11.8. The summed E-state index contributed by atoms with van der Waals surface area (Å²) in [6.45, 7) is 3.90. The quantitative estimate of drug-likeness (QED) is 0.767. The lowest BCUT2D eigenvalue weighted by Crippen LogP contribution is -2.51. The van der Waals surface area contributed by atoms with Gasteiger partial charge in [-0.2, -0.15) is 5.26 Å². The minimum Gasteiger partial charge on any atom is -0.347 e. The highest BCUT2D eigenvalue weighted by Crippen LogP contribution is 2.66. The van der Waals surface area contributed by atoms with E-state index in [0.717, 1.165) is 43.0 Å². The fourth-order valence-electron chi connectivity index (χ4n) is 7.07. The molecule has 1 N–H and O–H groups in total. The van der Waals surface area contributed by atoms with Crippen molar-refractivity contribution in [3.05, 3.63) is 35.4 Å². The van der Waals surface area contributed by atoms with E-state index < -0.39 is 0 Å². The molecule has 4 aliphatic carbocycles. The number of carbonyl (C=O) groups excluding carboxylic acids is 2. The monoisotopic (exact) mass is 420 g/mol. The van der Waals surface area contributed by atoms with Crippen LogP contribution in [0.4, 0.5) is 0 Å². The van der Waals surface area contributed by atoms with Crippen LogP contribution in [0.1, 0.15) is 49.7 Å². The molecule has 2 atom stereocenters. The van der Waals surface area contributed by atoms with Gasteiger partial charge in [0.15, 0.2) is 0 Å². The number of nitrogens with zero attached hydrogens (tertiary/aromatic N) is 3. The Labute approximate surface area is 184 Å². The van der Waals surface area contributed by atoms with Gasteiger partial charge in [-0.3, -0.25) is 14.5 Å². The number of amides is 2. The highest BCUT2D eigenvalue weighted by atomic mass is 16.2. The third-order valence-electron chi connectivity index (χ3n) is 8.30. The molecular weight excluding hydrogens is 388 g/mol. The van der Waals surface area contributed by atoms with E-state index in [1.54, 1.807) is 0 Å². The maximum atomic E-state index is 12.6. The number of rotatable bonds is 6. The maximum Gasteiger partial charge on any atom is 0.242 e. The molecule has 4 bridgehead atoms. The standard InChI is InChI=1S/C25H32N4O2/c26-15-18-2-1-3-19(8-18)17-28-4-6-29(7-5-28)24(31)16-27-23(30)14-25-12-20-9-21(13-25)11-22(25)10-20/h1-3,8,20-22H,4-7,9-14,16-17H2,(H,27,30). The van der Waals surface area contributed by atoms with E-state index in [2.05, 4.69) is 16.3 Å². The molecule has 0 aromatic heterocycles. The van der Waals surface area contributed by atoms with Crippen molar-refractivity contribution >= 4 is 11.8 Å². The highest BCUT2D eigenvalue weighted by Gasteiger charge is 2.57. The normalized spacial score (nSPS) is 31.6. The summed E-state index contributed by atoms with van der Waals surface area (Å²) in [5, 5.41) is 12.0. The molecule has 1 saturated heterocycles. The van der Waals surface area contributed by atoms with Gasteiger partial charge in [-0.1, -0.05) is 12.1 Å². The fourth-order valence-corrected chi connectivity index (χ4v) is 7.07. The molecule has 6 nitrogen and oxygen atoms in total. The predicted molar refractivity (Wildman–Crippen MR) is 117 cm³/mol. The van der Waals surface area contributed by atoms with Crippen LogP contribution in [0.15, 0.2) is 24.3 Å². The molecule has 0 radical (unpaired) electrons. The second-order valence-corrected chi connectivity index (χ2v) is 10.3. The van der Waals surface area contributed by atoms with Crippen LogP contribution in [0.25, 0.3) is 0 Å². The van der Waals surface area contributed by atoms with E-state index >= 15 is 0 Å². The van der Waals surface area contributed by atoms with E-state index in [9.17, 15) is 9.59 Å². The molecule has 2 unspecified atom stereocenters. The summed E-state index contributed by atoms with van der Waals surface area (Å²) < 4.78 is 0. The second kappa shape index (κ2) is 8.27. The van der Waals surface area contributed by atoms with Gasteiger partial charge in [0.2, 0.25) is 11.8 Å². The Morgan fingerprint density at radius 3 is 2.55 bits per heavy atom. The average molecular weight is 421 g/mol. The average Bonchev–Trinajstić information content (AvgIpc) is 3.15. The van der Waals surface area contributed by atoms with Gasteiger partial charge in [-0.15, -0.1) is 0 Å². The predicted octanol–water partition coefficient (Wildman–Crippen LogP) is 2.54. The maximum absolute atomic E-state index is 12.6. The van der Waals surface area contributed by atoms with Crippen molar-refractivity contribution in [3.8, 4) is 6.07 Å². The van der Waals surface area contributed by atoms with Gasteiger partial charge in [0.05, 0.1) is 18.2 Å². The van der Waals surface area contributed by atoms with Gasteiger partial charge in [0, 0.05) is 39.1 Å². The summed E-state index contributed by atoms with van der Waals surface area (Å²) in [5.74, 6) is 2.54. The summed E-state index contributed by atoms with van der Waals surface area (Å²) in [7, 11) is 0. The molecule has 1 aromatic rings. The minimum absolute atomic E-state index is 0.0224. The van der Waals surface area contributed by atoms with E-state index in [1.807, 2.05) is 29.2 Å². The summed E-state index contributed by atoms with van der Waals surface area (Å²) in [6.07, 6.45) is 7.12. The third kappa shape index (κ3) is 4.21. The number of nitrogens with one attached hydrogen (secondary N) is 1. The lowest BCUT2D eigenvalue weighted by Gasteiger charge is -2.35. The van der Waals surface area contributed by atoms with Crippen molar-refractivity contribution in [3.63, 3.8) is 0 Å². The van der Waals surface area contributed by atoms with Crippen LogP contribution in [-0.2, 0) is 16.1 Å². The van der Waals surface area contributed by atoms with Crippen LogP contribution in [-0.4, -0.2) is 54.3 Å². The Hall–Kier alpha value is -2.39. The number of hydrogen-bond acceptors (Lipinski definition) is 4. The van der Waals surface area contributed by atoms with Gasteiger partial charge in [-0.25, -0.2) is 0 Å². The molecule has 6 rings (SSSR count). The van der Waals surface area contributed by atoms with Gasteiger partial charge in [0.1, 0.15) is 0 Å². The summed E-state index contributed by atoms with van der Waals surface area (Å²) in [5.41, 5.74) is 2.05. The molecule has 0 spiro atoms. The Kier molecular flexibility index (Phi) is 5.47. The first-order chi connectivity index (χ1) is 15.0. The zero-order chi connectivity index (χ0) is 21.4. The molecule has 5 fully saturated rings. The Morgan fingerprint density at radius 1 is 1.10 bits per heavy atom. The molecule has 2 amide bonds. The lowest BCUT2D eigenvalue weighted by atomic mass is 9.73. The summed E-state index contributed by atoms with van der Waals surface area (Å²) in [6, 6.07) is 9.88. The number of nitriles is 1. The molecule has 6 heteroatoms. The first-order valence-electron chi connectivity index (χ1n) is 11.8. The fraction of sp³-hybridized carbons (Fsp3) is 0.640. The third-order valence-corrected chi connectivity index (χ3v) is 8.30. The van der Waals surface area contributed by atoms with Gasteiger partial charge < -0.3 is 10.2 Å². The molecule has 1 aliphatic heterocycles. The summed E-state index contributed by atoms with van der Waals surface area (Å²) >= 11 is 0. The molecule has 1 aromatic carbocycles. The van der Waals surface area contributed by atoms with Crippen molar-refractivity contribution in [2.45, 2.75) is 45.1 Å². The Bertz CT molecular complexity index is 885. The zero-order valence-corrected chi connectivity index (χ0v) is 18.2. The molecule has 31 heavy (non-hydrogen) atoms. The van der Waals surface area contributed by atoms with E-state index in [1.165, 1.54) is 32.1 Å². The topological polar surface area (TPSA) is 76.4 Å². The van der Waals surface area contributed by atoms with Crippen LogP contribution >= 0.6 is 0 Å². The van der Waals surface area contributed by atoms with E-state index in [-0.39, 0.29) is 23.8 Å². The highest BCUT2D eigenvalue weighted by molar-refractivity contribution is 5.85. The Morgan fingerprint density at radius 2 is 1.84 bits per heavy atom. The SMILES string of the molecule is N#Cc1cccc(CN2CCN(C(=O)CNC(=O)CC34CC5CC(CC3C5)C4)CC2)c1. The van der Waals surface area contributed by atoms with Crippen LogP contribution in [0.5, 0.6) is 0 Å². The van der Waals surface area contributed by atoms with Crippen molar-refractivity contribution in [1.29, 1.82) is 5.26 Å². The first kappa shape index (κ1) is 20.5. The number of piperazine rings is 1. The number of carbonyl (C=O) groups is 2. The van der Waals surface area contributed by atoms with E-state index in [0.29, 0.717) is 25.1 Å². The number of hydrogen-bond donors (Lipinski definition) is 1. The molecular formula is C25H32N4O2. The smallest absolute Gasteiger partial charge is 0.242 e. The van der Waals surface area contributed by atoms with Crippen molar-refractivity contribution in [2.24, 2.45) is 23.2 Å². The number of benzene rings is 1. The van der Waals surface area contributed by atoms with Crippen LogP contribution in [0.2, 0.25) is 0 Å². The summed E-state index contributed by atoms with van der Waals surface area (Å²) in [4.78, 5) is 29.4. The van der Waals surface area contributed by atoms with Crippen LogP contribution in [0.3, 0.4) is 0 Å². The van der Waals surface area contributed by atoms with Crippen molar-refractivity contribution in [1.82, 2.24) is 15.1 Å².